The normalized spacial score (nSPS) is 22.3. The molecule has 1 spiro atoms. The van der Waals surface area contributed by atoms with Crippen LogP contribution in [0.2, 0.25) is 0 Å². The molecule has 0 bridgehead atoms. The number of likely N-dealkylation sites (N-methyl/N-ethyl adjacent to an activating group) is 1. The van der Waals surface area contributed by atoms with Gasteiger partial charge in [0.15, 0.2) is 5.60 Å². The van der Waals surface area contributed by atoms with Crippen LogP contribution in [0, 0.1) is 0 Å². The fourth-order valence-corrected chi connectivity index (χ4v) is 4.69. The van der Waals surface area contributed by atoms with Crippen LogP contribution in [0.4, 0.5) is 0 Å². The quantitative estimate of drug-likeness (QED) is 0.710. The maximum atomic E-state index is 13.5. The summed E-state index contributed by atoms with van der Waals surface area (Å²) in [4.78, 5) is 30.0. The Morgan fingerprint density at radius 3 is 2.88 bits per heavy atom. The Morgan fingerprint density at radius 2 is 2.03 bits per heavy atom. The van der Waals surface area contributed by atoms with Crippen molar-refractivity contribution in [1.29, 1.82) is 0 Å². The van der Waals surface area contributed by atoms with Gasteiger partial charge in [-0.15, -0.1) is 0 Å². The van der Waals surface area contributed by atoms with E-state index in [0.29, 0.717) is 52.2 Å². The standard InChI is InChI=1S/C25H34N4O4/c1-27-16-18-32-22-10-3-2-8-21(22)9-4-5-12-25(24(27)31)20-28(17-19-33-25)23(30)11-6-14-29-15-7-13-26-29/h2-3,7-8,10,13,15H,4-6,9,11-12,14,16-20H2,1H3. The molecule has 33 heavy (non-hydrogen) atoms. The minimum atomic E-state index is -0.983. The van der Waals surface area contributed by atoms with Crippen molar-refractivity contribution in [3.63, 3.8) is 0 Å². The molecule has 2 aromatic rings. The average Bonchev–Trinajstić information content (AvgIpc) is 3.35. The van der Waals surface area contributed by atoms with E-state index in [4.69, 9.17) is 9.47 Å². The van der Waals surface area contributed by atoms with Gasteiger partial charge in [0.1, 0.15) is 12.4 Å². The lowest BCUT2D eigenvalue weighted by Crippen LogP contribution is -2.61. The lowest BCUT2D eigenvalue weighted by atomic mass is 9.91. The second-order valence-electron chi connectivity index (χ2n) is 8.92. The number of para-hydroxylation sites is 1. The molecular formula is C25H34N4O4. The summed E-state index contributed by atoms with van der Waals surface area (Å²) in [6.45, 7) is 2.81. The third kappa shape index (κ3) is 5.74. The highest BCUT2D eigenvalue weighted by Gasteiger charge is 2.45. The summed E-state index contributed by atoms with van der Waals surface area (Å²) in [5, 5.41) is 4.19. The molecule has 8 nitrogen and oxygen atoms in total. The number of morpholine rings is 1. The van der Waals surface area contributed by atoms with Crippen molar-refractivity contribution in [1.82, 2.24) is 19.6 Å². The van der Waals surface area contributed by atoms with Crippen molar-refractivity contribution in [2.24, 2.45) is 0 Å². The van der Waals surface area contributed by atoms with Crippen LogP contribution in [-0.4, -0.2) is 76.9 Å². The zero-order chi connectivity index (χ0) is 23.1. The molecule has 1 fully saturated rings. The number of aryl methyl sites for hydroxylation is 2. The van der Waals surface area contributed by atoms with E-state index < -0.39 is 5.60 Å². The Kier molecular flexibility index (Phi) is 7.65. The number of hydrogen-bond donors (Lipinski definition) is 0. The second-order valence-corrected chi connectivity index (χ2v) is 8.92. The summed E-state index contributed by atoms with van der Waals surface area (Å²) in [6.07, 6.45) is 8.07. The van der Waals surface area contributed by atoms with Gasteiger partial charge in [0, 0.05) is 39.0 Å². The van der Waals surface area contributed by atoms with E-state index >= 15 is 0 Å². The zero-order valence-electron chi connectivity index (χ0n) is 19.4. The fourth-order valence-electron chi connectivity index (χ4n) is 4.69. The van der Waals surface area contributed by atoms with E-state index in [-0.39, 0.29) is 11.8 Å². The van der Waals surface area contributed by atoms with E-state index in [2.05, 4.69) is 11.2 Å². The molecule has 0 N–H and O–H groups in total. The number of carbonyl (C=O) groups excluding carboxylic acids is 2. The molecule has 1 aromatic heterocycles. The van der Waals surface area contributed by atoms with Crippen molar-refractivity contribution in [2.75, 3.05) is 39.9 Å². The predicted molar refractivity (Wildman–Crippen MR) is 124 cm³/mol. The zero-order valence-corrected chi connectivity index (χ0v) is 19.4. The summed E-state index contributed by atoms with van der Waals surface area (Å²) in [5.74, 6) is 0.909. The summed E-state index contributed by atoms with van der Waals surface area (Å²) in [5.41, 5.74) is 0.211. The van der Waals surface area contributed by atoms with E-state index in [1.165, 1.54) is 5.56 Å². The van der Waals surface area contributed by atoms with E-state index in [0.717, 1.165) is 31.4 Å². The van der Waals surface area contributed by atoms with Gasteiger partial charge in [0.2, 0.25) is 5.91 Å². The maximum Gasteiger partial charge on any atom is 0.256 e. The van der Waals surface area contributed by atoms with Crippen LogP contribution in [0.25, 0.3) is 0 Å². The van der Waals surface area contributed by atoms with Crippen LogP contribution in [0.3, 0.4) is 0 Å². The minimum absolute atomic E-state index is 0.0611. The highest BCUT2D eigenvalue weighted by atomic mass is 16.5. The molecule has 1 saturated heterocycles. The van der Waals surface area contributed by atoms with Gasteiger partial charge in [-0.1, -0.05) is 18.2 Å². The first kappa shape index (κ1) is 23.3. The molecule has 178 valence electrons. The van der Waals surface area contributed by atoms with Crippen molar-refractivity contribution in [3.05, 3.63) is 48.3 Å². The number of amides is 2. The molecule has 1 aromatic carbocycles. The van der Waals surface area contributed by atoms with Crippen LogP contribution in [-0.2, 0) is 27.3 Å². The topological polar surface area (TPSA) is 76.9 Å². The van der Waals surface area contributed by atoms with Crippen molar-refractivity contribution in [3.8, 4) is 5.75 Å². The first-order chi connectivity index (χ1) is 16.1. The van der Waals surface area contributed by atoms with Crippen molar-refractivity contribution >= 4 is 11.8 Å². The van der Waals surface area contributed by atoms with Gasteiger partial charge < -0.3 is 19.3 Å². The van der Waals surface area contributed by atoms with Gasteiger partial charge in [0.25, 0.3) is 5.91 Å². The van der Waals surface area contributed by atoms with Crippen LogP contribution >= 0.6 is 0 Å². The Balaban J connectivity index is 1.41. The van der Waals surface area contributed by atoms with Crippen molar-refractivity contribution < 1.29 is 19.1 Å². The van der Waals surface area contributed by atoms with Gasteiger partial charge in [-0.2, -0.15) is 5.10 Å². The highest BCUT2D eigenvalue weighted by Crippen LogP contribution is 2.29. The highest BCUT2D eigenvalue weighted by molar-refractivity contribution is 5.87. The number of ether oxygens (including phenoxy) is 2. The average molecular weight is 455 g/mol. The number of fused-ring (bicyclic) bond motifs is 1. The largest absolute Gasteiger partial charge is 0.491 e. The van der Waals surface area contributed by atoms with Gasteiger partial charge in [0.05, 0.1) is 19.7 Å². The van der Waals surface area contributed by atoms with Crippen LogP contribution in [0.1, 0.15) is 37.7 Å². The van der Waals surface area contributed by atoms with Gasteiger partial charge >= 0.3 is 0 Å². The molecule has 2 amide bonds. The number of nitrogens with zero attached hydrogens (tertiary/aromatic N) is 4. The summed E-state index contributed by atoms with van der Waals surface area (Å²) < 4.78 is 14.0. The maximum absolute atomic E-state index is 13.5. The molecule has 3 heterocycles. The molecule has 4 rings (SSSR count). The molecule has 2 aliphatic rings. The summed E-state index contributed by atoms with van der Waals surface area (Å²) in [6, 6.07) is 9.98. The lowest BCUT2D eigenvalue weighted by Gasteiger charge is -2.43. The number of hydrogen-bond acceptors (Lipinski definition) is 5. The summed E-state index contributed by atoms with van der Waals surface area (Å²) in [7, 11) is 1.79. The van der Waals surface area contributed by atoms with Gasteiger partial charge in [-0.3, -0.25) is 14.3 Å². The minimum Gasteiger partial charge on any atom is -0.491 e. The SMILES string of the molecule is CN1CCOc2ccccc2CCCCC2(CN(C(=O)CCCn3cccn3)CCO2)C1=O. The monoisotopic (exact) mass is 454 g/mol. The first-order valence-corrected chi connectivity index (χ1v) is 11.9. The van der Waals surface area contributed by atoms with Crippen molar-refractivity contribution in [2.45, 2.75) is 50.7 Å². The fraction of sp³-hybridized carbons (Fsp3) is 0.560. The molecule has 0 radical (unpaired) electrons. The van der Waals surface area contributed by atoms with E-state index in [1.807, 2.05) is 40.0 Å². The molecule has 1 atom stereocenters. The molecular weight excluding hydrogens is 420 g/mol. The number of carbonyl (C=O) groups is 2. The second kappa shape index (κ2) is 10.8. The number of rotatable bonds is 4. The molecule has 8 heteroatoms. The van der Waals surface area contributed by atoms with E-state index in [1.54, 1.807) is 18.1 Å². The van der Waals surface area contributed by atoms with Gasteiger partial charge in [-0.25, -0.2) is 0 Å². The Hall–Kier alpha value is -2.87. The van der Waals surface area contributed by atoms with E-state index in [9.17, 15) is 9.59 Å². The Labute approximate surface area is 195 Å². The van der Waals surface area contributed by atoms with Crippen LogP contribution in [0.5, 0.6) is 5.75 Å². The molecule has 0 saturated carbocycles. The number of aromatic nitrogens is 2. The molecule has 0 aliphatic carbocycles. The third-order valence-corrected chi connectivity index (χ3v) is 6.55. The first-order valence-electron chi connectivity index (χ1n) is 11.9. The Bertz CT molecular complexity index is 932. The van der Waals surface area contributed by atoms with Gasteiger partial charge in [-0.05, 0) is 49.8 Å². The molecule has 1 unspecified atom stereocenters. The van der Waals surface area contributed by atoms with Crippen LogP contribution in [0.15, 0.2) is 42.7 Å². The summed E-state index contributed by atoms with van der Waals surface area (Å²) >= 11 is 0. The lowest BCUT2D eigenvalue weighted by molar-refractivity contribution is -0.175. The Morgan fingerprint density at radius 1 is 1.15 bits per heavy atom. The molecule has 2 aliphatic heterocycles. The number of benzene rings is 1. The smallest absolute Gasteiger partial charge is 0.256 e. The third-order valence-electron chi connectivity index (χ3n) is 6.55. The van der Waals surface area contributed by atoms with Crippen LogP contribution < -0.4 is 4.74 Å². The predicted octanol–water partition coefficient (Wildman–Crippen LogP) is 2.52.